The quantitative estimate of drug-likeness (QED) is 0.588. The molecule has 0 radical (unpaired) electrons. The van der Waals surface area contributed by atoms with Crippen LogP contribution in [-0.4, -0.2) is 30.6 Å². The van der Waals surface area contributed by atoms with E-state index in [-0.39, 0.29) is 12.5 Å². The lowest BCUT2D eigenvalue weighted by Crippen LogP contribution is -2.20. The number of hydrogen-bond acceptors (Lipinski definition) is 6. The molecule has 1 amide bonds. The largest absolute Gasteiger partial charge is 0.318 e. The maximum atomic E-state index is 12.5. The fourth-order valence-corrected chi connectivity index (χ4v) is 3.48. The summed E-state index contributed by atoms with van der Waals surface area (Å²) in [6.45, 7) is 2.21. The predicted octanol–water partition coefficient (Wildman–Crippen LogP) is 3.15. The third-order valence-corrected chi connectivity index (χ3v) is 4.77. The van der Waals surface area contributed by atoms with E-state index in [1.54, 1.807) is 6.20 Å². The van der Waals surface area contributed by atoms with Crippen LogP contribution in [0.5, 0.6) is 0 Å². The molecule has 130 valence electrons. The summed E-state index contributed by atoms with van der Waals surface area (Å²) in [5.41, 5.74) is 2.58. The van der Waals surface area contributed by atoms with E-state index >= 15 is 0 Å². The number of para-hydroxylation sites is 2. The molecular weight excluding hydrogens is 348 g/mol. The summed E-state index contributed by atoms with van der Waals surface area (Å²) >= 11 is 1.30. The number of fused-ring (bicyclic) bond motifs is 1. The van der Waals surface area contributed by atoms with Crippen LogP contribution in [0.25, 0.3) is 21.7 Å². The van der Waals surface area contributed by atoms with Crippen molar-refractivity contribution in [3.8, 4) is 10.7 Å². The number of pyridine rings is 1. The molecule has 4 rings (SSSR count). The number of nitrogens with zero attached hydrogens (tertiary/aromatic N) is 5. The molecule has 7 nitrogen and oxygen atoms in total. The van der Waals surface area contributed by atoms with Crippen molar-refractivity contribution in [1.82, 2.24) is 24.7 Å². The molecule has 0 unspecified atom stereocenters. The Morgan fingerprint density at radius 3 is 2.81 bits per heavy atom. The molecule has 0 atom stereocenters. The number of aromatic nitrogens is 5. The van der Waals surface area contributed by atoms with Gasteiger partial charge in [0, 0.05) is 12.6 Å². The summed E-state index contributed by atoms with van der Waals surface area (Å²) in [5.74, 6) is 0.722. The van der Waals surface area contributed by atoms with Gasteiger partial charge in [-0.1, -0.05) is 36.5 Å². The molecule has 0 aliphatic carbocycles. The van der Waals surface area contributed by atoms with Crippen LogP contribution in [0.4, 0.5) is 5.13 Å². The van der Waals surface area contributed by atoms with Gasteiger partial charge in [-0.25, -0.2) is 4.98 Å². The van der Waals surface area contributed by atoms with Crippen LogP contribution in [0.3, 0.4) is 0 Å². The maximum absolute atomic E-state index is 12.5. The Hall–Kier alpha value is -3.13. The topological polar surface area (TPSA) is 85.6 Å². The fraction of sp³-hybridized carbons (Fsp3) is 0.167. The molecule has 4 aromatic rings. The molecule has 0 spiro atoms. The number of hydrogen-bond donors (Lipinski definition) is 1. The van der Waals surface area contributed by atoms with Gasteiger partial charge in [-0.2, -0.15) is 0 Å². The van der Waals surface area contributed by atoms with Crippen LogP contribution >= 0.6 is 11.3 Å². The number of anilines is 1. The lowest BCUT2D eigenvalue weighted by molar-refractivity contribution is -0.116. The van der Waals surface area contributed by atoms with E-state index in [9.17, 15) is 4.79 Å². The lowest BCUT2D eigenvalue weighted by atomic mass is 10.3. The summed E-state index contributed by atoms with van der Waals surface area (Å²) in [6.07, 6.45) is 2.45. The van der Waals surface area contributed by atoms with E-state index < -0.39 is 0 Å². The molecule has 1 aromatic carbocycles. The molecule has 0 aliphatic rings. The van der Waals surface area contributed by atoms with Crippen molar-refractivity contribution in [1.29, 1.82) is 0 Å². The standard InChI is InChI=1S/C18H16N6OS/c1-2-15-20-12-7-3-4-9-14(12)24(15)11-16(25)21-18-23-22-17(26-18)13-8-5-6-10-19-13/h3-10H,2,11H2,1H3,(H,21,23,25). The third-order valence-electron chi connectivity index (χ3n) is 3.91. The van der Waals surface area contributed by atoms with E-state index in [0.29, 0.717) is 10.1 Å². The first kappa shape index (κ1) is 16.3. The summed E-state index contributed by atoms with van der Waals surface area (Å²) in [5, 5.41) is 12.1. The van der Waals surface area contributed by atoms with Crippen molar-refractivity contribution in [3.63, 3.8) is 0 Å². The van der Waals surface area contributed by atoms with Crippen LogP contribution in [0, 0.1) is 0 Å². The Kier molecular flexibility index (Phi) is 4.40. The molecule has 8 heteroatoms. The molecule has 0 saturated carbocycles. The van der Waals surface area contributed by atoms with E-state index in [2.05, 4.69) is 25.5 Å². The van der Waals surface area contributed by atoms with Gasteiger partial charge in [0.25, 0.3) is 0 Å². The summed E-state index contributed by atoms with van der Waals surface area (Å²) in [4.78, 5) is 21.3. The minimum Gasteiger partial charge on any atom is -0.318 e. The van der Waals surface area contributed by atoms with E-state index in [1.807, 2.05) is 54.0 Å². The normalized spacial score (nSPS) is 11.0. The Balaban J connectivity index is 1.52. The number of carbonyl (C=O) groups excluding carboxylic acids is 1. The second-order valence-electron chi connectivity index (χ2n) is 5.63. The zero-order valence-electron chi connectivity index (χ0n) is 14.1. The van der Waals surface area contributed by atoms with Crippen molar-refractivity contribution in [2.45, 2.75) is 19.9 Å². The summed E-state index contributed by atoms with van der Waals surface area (Å²) in [7, 11) is 0. The first-order valence-electron chi connectivity index (χ1n) is 8.23. The highest BCUT2D eigenvalue weighted by molar-refractivity contribution is 7.18. The van der Waals surface area contributed by atoms with Gasteiger partial charge in [0.05, 0.1) is 11.0 Å². The van der Waals surface area contributed by atoms with Gasteiger partial charge in [0.1, 0.15) is 18.1 Å². The minimum absolute atomic E-state index is 0.161. The van der Waals surface area contributed by atoms with E-state index in [0.717, 1.165) is 29.0 Å². The van der Waals surface area contributed by atoms with Gasteiger partial charge in [0.2, 0.25) is 11.0 Å². The van der Waals surface area contributed by atoms with Crippen LogP contribution in [0.1, 0.15) is 12.7 Å². The van der Waals surface area contributed by atoms with Crippen LogP contribution in [0.2, 0.25) is 0 Å². The van der Waals surface area contributed by atoms with Crippen LogP contribution in [-0.2, 0) is 17.8 Å². The highest BCUT2D eigenvalue weighted by Gasteiger charge is 2.14. The highest BCUT2D eigenvalue weighted by atomic mass is 32.1. The van der Waals surface area contributed by atoms with E-state index in [4.69, 9.17) is 0 Å². The monoisotopic (exact) mass is 364 g/mol. The number of benzene rings is 1. The third kappa shape index (κ3) is 3.18. The molecule has 3 aromatic heterocycles. The van der Waals surface area contributed by atoms with Gasteiger partial charge in [-0.15, -0.1) is 10.2 Å². The maximum Gasteiger partial charge on any atom is 0.246 e. The number of imidazole rings is 1. The van der Waals surface area contributed by atoms with Gasteiger partial charge >= 0.3 is 0 Å². The van der Waals surface area contributed by atoms with E-state index in [1.165, 1.54) is 11.3 Å². The summed E-state index contributed by atoms with van der Waals surface area (Å²) in [6, 6.07) is 13.4. The molecule has 0 bridgehead atoms. The Morgan fingerprint density at radius 2 is 2.00 bits per heavy atom. The number of carbonyl (C=O) groups is 1. The lowest BCUT2D eigenvalue weighted by Gasteiger charge is -2.07. The van der Waals surface area contributed by atoms with Gasteiger partial charge in [-0.3, -0.25) is 15.1 Å². The summed E-state index contributed by atoms with van der Waals surface area (Å²) < 4.78 is 1.94. The molecule has 1 N–H and O–H groups in total. The molecule has 26 heavy (non-hydrogen) atoms. The number of rotatable bonds is 5. The molecular formula is C18H16N6OS. The second-order valence-corrected chi connectivity index (χ2v) is 6.61. The highest BCUT2D eigenvalue weighted by Crippen LogP contribution is 2.24. The number of nitrogens with one attached hydrogen (secondary N) is 1. The van der Waals surface area contributed by atoms with Gasteiger partial charge < -0.3 is 4.57 Å². The van der Waals surface area contributed by atoms with Crippen molar-refractivity contribution in [3.05, 3.63) is 54.5 Å². The van der Waals surface area contributed by atoms with Crippen molar-refractivity contribution in [2.75, 3.05) is 5.32 Å². The average Bonchev–Trinajstić information content (AvgIpc) is 3.27. The number of aryl methyl sites for hydroxylation is 1. The first-order valence-corrected chi connectivity index (χ1v) is 9.05. The number of amides is 1. The molecule has 0 fully saturated rings. The zero-order chi connectivity index (χ0) is 17.9. The Morgan fingerprint density at radius 1 is 1.15 bits per heavy atom. The Labute approximate surface area is 153 Å². The zero-order valence-corrected chi connectivity index (χ0v) is 14.9. The van der Waals surface area contributed by atoms with Crippen LogP contribution < -0.4 is 5.32 Å². The first-order chi connectivity index (χ1) is 12.7. The van der Waals surface area contributed by atoms with Crippen molar-refractivity contribution < 1.29 is 4.79 Å². The van der Waals surface area contributed by atoms with Crippen molar-refractivity contribution in [2.24, 2.45) is 0 Å². The van der Waals surface area contributed by atoms with Gasteiger partial charge in [0.15, 0.2) is 5.01 Å². The SMILES string of the molecule is CCc1nc2ccccc2n1CC(=O)Nc1nnc(-c2ccccn2)s1. The molecule has 3 heterocycles. The molecule has 0 saturated heterocycles. The fourth-order valence-electron chi connectivity index (χ4n) is 2.74. The second kappa shape index (κ2) is 7.01. The minimum atomic E-state index is -0.161. The Bertz CT molecular complexity index is 1060. The smallest absolute Gasteiger partial charge is 0.246 e. The van der Waals surface area contributed by atoms with Crippen molar-refractivity contribution >= 4 is 33.4 Å². The average molecular weight is 364 g/mol. The predicted molar refractivity (Wildman–Crippen MR) is 101 cm³/mol. The van der Waals surface area contributed by atoms with Gasteiger partial charge in [-0.05, 0) is 24.3 Å². The molecule has 0 aliphatic heterocycles. The van der Waals surface area contributed by atoms with Crippen LogP contribution in [0.15, 0.2) is 48.7 Å².